The molecule has 1 aromatic carbocycles. The maximum Gasteiger partial charge on any atom is 0.189 e. The molecule has 0 saturated heterocycles. The maximum atomic E-state index is 9.69. The van der Waals surface area contributed by atoms with Gasteiger partial charge in [-0.2, -0.15) is 0 Å². The van der Waals surface area contributed by atoms with E-state index in [1.165, 1.54) is 18.4 Å². The minimum atomic E-state index is -0.287. The quantitative estimate of drug-likeness (QED) is 0.628. The molecule has 0 unspecified atom stereocenters. The Bertz CT molecular complexity index is 398. The van der Waals surface area contributed by atoms with Gasteiger partial charge in [0.1, 0.15) is 5.75 Å². The van der Waals surface area contributed by atoms with Crippen LogP contribution in [0.1, 0.15) is 36.5 Å². The lowest BCUT2D eigenvalue weighted by atomic mass is 10.1. The van der Waals surface area contributed by atoms with Gasteiger partial charge in [-0.3, -0.25) is 0 Å². The van der Waals surface area contributed by atoms with Gasteiger partial charge in [0.05, 0.1) is 12.7 Å². The van der Waals surface area contributed by atoms with E-state index in [1.807, 2.05) is 18.2 Å². The second-order valence-electron chi connectivity index (χ2n) is 4.99. The minimum Gasteiger partial charge on any atom is -0.468 e. The van der Waals surface area contributed by atoms with Crippen LogP contribution in [0.2, 0.25) is 0 Å². The molecule has 2 aliphatic carbocycles. The van der Waals surface area contributed by atoms with Gasteiger partial charge in [0.25, 0.3) is 0 Å². The highest BCUT2D eigenvalue weighted by Crippen LogP contribution is 2.33. The summed E-state index contributed by atoms with van der Waals surface area (Å²) < 4.78 is 11.0. The number of hydrogen-bond acceptors (Lipinski definition) is 3. The van der Waals surface area contributed by atoms with Crippen molar-refractivity contribution in [3.63, 3.8) is 0 Å². The number of ether oxygens (including phenoxy) is 2. The lowest BCUT2D eigenvalue weighted by molar-refractivity contribution is 0.00994. The van der Waals surface area contributed by atoms with Crippen LogP contribution in [0.15, 0.2) is 18.2 Å². The molecule has 3 rings (SSSR count). The first-order valence-corrected chi connectivity index (χ1v) is 6.34. The molecule has 1 saturated carbocycles. The Morgan fingerprint density at radius 3 is 2.94 bits per heavy atom. The standard InChI is InChI=1S/C14H18O3/c15-14-6-3-11-7-12(4-5-13(11)14)17-9-16-8-10-1-2-10/h4-5,7,10,14-15H,1-3,6,8-9H2/t14-/m1/s1. The highest BCUT2D eigenvalue weighted by atomic mass is 16.7. The Morgan fingerprint density at radius 2 is 2.12 bits per heavy atom. The summed E-state index contributed by atoms with van der Waals surface area (Å²) in [7, 11) is 0. The molecular formula is C14H18O3. The molecule has 0 aliphatic heterocycles. The Hall–Kier alpha value is -1.06. The van der Waals surface area contributed by atoms with Crippen LogP contribution in [0.4, 0.5) is 0 Å². The van der Waals surface area contributed by atoms with Crippen molar-refractivity contribution < 1.29 is 14.6 Å². The first-order chi connectivity index (χ1) is 8.33. The Morgan fingerprint density at radius 1 is 1.24 bits per heavy atom. The van der Waals surface area contributed by atoms with Crippen LogP contribution >= 0.6 is 0 Å². The number of fused-ring (bicyclic) bond motifs is 1. The molecule has 1 aromatic rings. The largest absolute Gasteiger partial charge is 0.468 e. The van der Waals surface area contributed by atoms with Crippen molar-refractivity contribution in [1.82, 2.24) is 0 Å². The molecule has 3 heteroatoms. The molecular weight excluding hydrogens is 216 g/mol. The highest BCUT2D eigenvalue weighted by Gasteiger charge is 2.22. The average Bonchev–Trinajstić information content (AvgIpc) is 3.10. The van der Waals surface area contributed by atoms with Crippen molar-refractivity contribution in [2.45, 2.75) is 31.8 Å². The molecule has 3 nitrogen and oxygen atoms in total. The molecule has 0 bridgehead atoms. The van der Waals surface area contributed by atoms with E-state index in [4.69, 9.17) is 9.47 Å². The molecule has 0 amide bonds. The Balaban J connectivity index is 1.52. The molecule has 17 heavy (non-hydrogen) atoms. The van der Waals surface area contributed by atoms with Crippen molar-refractivity contribution in [2.24, 2.45) is 5.92 Å². The van der Waals surface area contributed by atoms with Gasteiger partial charge >= 0.3 is 0 Å². The van der Waals surface area contributed by atoms with Crippen LogP contribution in [0.25, 0.3) is 0 Å². The van der Waals surface area contributed by atoms with Crippen LogP contribution in [-0.4, -0.2) is 18.5 Å². The number of aryl methyl sites for hydroxylation is 1. The normalized spacial score (nSPS) is 22.5. The molecule has 2 aliphatic rings. The molecule has 92 valence electrons. The number of aliphatic hydroxyl groups is 1. The van der Waals surface area contributed by atoms with Crippen molar-refractivity contribution in [3.8, 4) is 5.75 Å². The van der Waals surface area contributed by atoms with E-state index in [0.29, 0.717) is 6.79 Å². The van der Waals surface area contributed by atoms with Crippen LogP contribution < -0.4 is 4.74 Å². The fourth-order valence-electron chi connectivity index (χ4n) is 2.27. The summed E-state index contributed by atoms with van der Waals surface area (Å²) >= 11 is 0. The predicted molar refractivity (Wildman–Crippen MR) is 63.9 cm³/mol. The van der Waals surface area contributed by atoms with Crippen molar-refractivity contribution in [2.75, 3.05) is 13.4 Å². The summed E-state index contributed by atoms with van der Waals surface area (Å²) in [4.78, 5) is 0. The second-order valence-corrected chi connectivity index (χ2v) is 4.99. The van der Waals surface area contributed by atoms with Crippen LogP contribution in [0.5, 0.6) is 5.75 Å². The van der Waals surface area contributed by atoms with Gasteiger partial charge in [0, 0.05) is 0 Å². The van der Waals surface area contributed by atoms with Gasteiger partial charge in [-0.05, 0) is 54.9 Å². The van der Waals surface area contributed by atoms with E-state index in [9.17, 15) is 5.11 Å². The van der Waals surface area contributed by atoms with Gasteiger partial charge in [-0.1, -0.05) is 6.07 Å². The lowest BCUT2D eigenvalue weighted by Gasteiger charge is -2.09. The number of rotatable bonds is 5. The van der Waals surface area contributed by atoms with Crippen LogP contribution in [0, 0.1) is 5.92 Å². The average molecular weight is 234 g/mol. The second kappa shape index (κ2) is 4.67. The van der Waals surface area contributed by atoms with Gasteiger partial charge in [0.2, 0.25) is 0 Å². The van der Waals surface area contributed by atoms with E-state index in [-0.39, 0.29) is 6.10 Å². The zero-order valence-corrected chi connectivity index (χ0v) is 9.89. The fraction of sp³-hybridized carbons (Fsp3) is 0.571. The summed E-state index contributed by atoms with van der Waals surface area (Å²) in [5.74, 6) is 1.61. The Kier molecular flexibility index (Phi) is 3.04. The van der Waals surface area contributed by atoms with Crippen LogP contribution in [-0.2, 0) is 11.2 Å². The monoisotopic (exact) mass is 234 g/mol. The number of hydrogen-bond donors (Lipinski definition) is 1. The van der Waals surface area contributed by atoms with Crippen molar-refractivity contribution >= 4 is 0 Å². The molecule has 0 aromatic heterocycles. The summed E-state index contributed by atoms with van der Waals surface area (Å²) in [6.45, 7) is 1.15. The summed E-state index contributed by atoms with van der Waals surface area (Å²) in [6.07, 6.45) is 4.09. The van der Waals surface area contributed by atoms with Gasteiger partial charge < -0.3 is 14.6 Å². The van der Waals surface area contributed by atoms with Gasteiger partial charge in [0.15, 0.2) is 6.79 Å². The number of aliphatic hydroxyl groups excluding tert-OH is 1. The van der Waals surface area contributed by atoms with Crippen molar-refractivity contribution in [3.05, 3.63) is 29.3 Å². The van der Waals surface area contributed by atoms with Gasteiger partial charge in [-0.15, -0.1) is 0 Å². The van der Waals surface area contributed by atoms with Crippen LogP contribution in [0.3, 0.4) is 0 Å². The molecule has 0 heterocycles. The third-order valence-electron chi connectivity index (χ3n) is 3.52. The van der Waals surface area contributed by atoms with E-state index >= 15 is 0 Å². The topological polar surface area (TPSA) is 38.7 Å². The summed E-state index contributed by atoms with van der Waals surface area (Å²) in [5, 5.41) is 9.69. The smallest absolute Gasteiger partial charge is 0.189 e. The minimum absolute atomic E-state index is 0.287. The SMILES string of the molecule is O[C@@H]1CCc2cc(OCOCC3CC3)ccc21. The van der Waals surface area contributed by atoms with E-state index in [1.54, 1.807) is 0 Å². The van der Waals surface area contributed by atoms with Crippen molar-refractivity contribution in [1.29, 1.82) is 0 Å². The molecule has 0 spiro atoms. The third-order valence-corrected chi connectivity index (χ3v) is 3.52. The first kappa shape index (κ1) is 11.1. The van der Waals surface area contributed by atoms with E-state index < -0.39 is 0 Å². The summed E-state index contributed by atoms with van der Waals surface area (Å²) in [5.41, 5.74) is 2.26. The summed E-state index contributed by atoms with van der Waals surface area (Å²) in [6, 6.07) is 5.89. The predicted octanol–water partition coefficient (Wildman–Crippen LogP) is 2.43. The lowest BCUT2D eigenvalue weighted by Crippen LogP contribution is -2.05. The molecule has 0 radical (unpaired) electrons. The molecule has 1 N–H and O–H groups in total. The third kappa shape index (κ3) is 2.61. The first-order valence-electron chi connectivity index (χ1n) is 6.34. The zero-order valence-electron chi connectivity index (χ0n) is 9.89. The highest BCUT2D eigenvalue weighted by molar-refractivity contribution is 5.39. The molecule has 1 fully saturated rings. The Labute approximate surface area is 101 Å². The zero-order chi connectivity index (χ0) is 11.7. The fourth-order valence-corrected chi connectivity index (χ4v) is 2.27. The van der Waals surface area contributed by atoms with Gasteiger partial charge in [-0.25, -0.2) is 0 Å². The maximum absolute atomic E-state index is 9.69. The molecule has 1 atom stereocenters. The van der Waals surface area contributed by atoms with E-state index in [2.05, 4.69) is 0 Å². The van der Waals surface area contributed by atoms with E-state index in [0.717, 1.165) is 36.7 Å². The number of benzene rings is 1.